The number of nitrogens with one attached hydrogen (secondary N) is 1. The molecule has 1 N–H and O–H groups in total. The number of ether oxygens (including phenoxy) is 1. The Morgan fingerprint density at radius 2 is 1.97 bits per heavy atom. The third kappa shape index (κ3) is 4.38. The van der Waals surface area contributed by atoms with Crippen molar-refractivity contribution in [2.45, 2.75) is 26.5 Å². The number of nitrogens with zero attached hydrogens (tertiary/aromatic N) is 3. The van der Waals surface area contributed by atoms with Crippen LogP contribution in [-0.2, 0) is 11.3 Å². The Labute approximate surface area is 177 Å². The van der Waals surface area contributed by atoms with E-state index in [1.165, 1.54) is 21.9 Å². The number of rotatable bonds is 6. The summed E-state index contributed by atoms with van der Waals surface area (Å²) in [5, 5.41) is 7.84. The van der Waals surface area contributed by atoms with Crippen LogP contribution in [-0.4, -0.2) is 26.6 Å². The number of aromatic nitrogens is 3. The van der Waals surface area contributed by atoms with E-state index >= 15 is 0 Å². The zero-order valence-electron chi connectivity index (χ0n) is 16.5. The van der Waals surface area contributed by atoms with Gasteiger partial charge in [-0.3, -0.25) is 9.59 Å². The molecule has 4 rings (SSSR count). The van der Waals surface area contributed by atoms with Crippen molar-refractivity contribution in [2.75, 3.05) is 0 Å². The van der Waals surface area contributed by atoms with E-state index in [0.717, 1.165) is 11.1 Å². The van der Waals surface area contributed by atoms with Crippen molar-refractivity contribution >= 4 is 22.2 Å². The predicted molar refractivity (Wildman–Crippen MR) is 116 cm³/mol. The molecule has 0 spiro atoms. The lowest BCUT2D eigenvalue weighted by Gasteiger charge is -2.14. The van der Waals surface area contributed by atoms with Gasteiger partial charge in [0.2, 0.25) is 4.96 Å². The molecule has 7 nitrogen and oxygen atoms in total. The molecule has 0 saturated carbocycles. The van der Waals surface area contributed by atoms with Crippen LogP contribution in [0.15, 0.2) is 65.5 Å². The van der Waals surface area contributed by atoms with E-state index in [4.69, 9.17) is 4.74 Å². The minimum atomic E-state index is -0.676. The molecule has 0 bridgehead atoms. The van der Waals surface area contributed by atoms with Crippen molar-refractivity contribution in [1.29, 1.82) is 0 Å². The SMILES string of the molecule is Cc1cccc(OC(C)C(=O)NCc2cc(=O)n3nc(-c4ccccc4)sc3n2)c1. The molecular formula is C22H20N4O3S. The molecule has 0 saturated heterocycles. The van der Waals surface area contributed by atoms with Gasteiger partial charge in [-0.2, -0.15) is 9.61 Å². The molecule has 30 heavy (non-hydrogen) atoms. The van der Waals surface area contributed by atoms with E-state index in [9.17, 15) is 9.59 Å². The lowest BCUT2D eigenvalue weighted by Crippen LogP contribution is -2.36. The first-order valence-corrected chi connectivity index (χ1v) is 10.3. The average molecular weight is 420 g/mol. The second-order valence-electron chi connectivity index (χ2n) is 6.85. The van der Waals surface area contributed by atoms with Gasteiger partial charge in [-0.1, -0.05) is 53.8 Å². The number of hydrogen-bond donors (Lipinski definition) is 1. The smallest absolute Gasteiger partial charge is 0.275 e. The number of amides is 1. The first-order chi connectivity index (χ1) is 14.5. The second kappa shape index (κ2) is 8.46. The predicted octanol–water partition coefficient (Wildman–Crippen LogP) is 3.21. The number of carbonyl (C=O) groups excluding carboxylic acids is 1. The second-order valence-corrected chi connectivity index (χ2v) is 7.80. The van der Waals surface area contributed by atoms with E-state index in [1.807, 2.05) is 55.5 Å². The van der Waals surface area contributed by atoms with Gasteiger partial charge >= 0.3 is 0 Å². The molecule has 2 aromatic carbocycles. The van der Waals surface area contributed by atoms with Crippen LogP contribution in [0.1, 0.15) is 18.2 Å². The monoisotopic (exact) mass is 420 g/mol. The molecule has 2 aromatic heterocycles. The fraction of sp³-hybridized carbons (Fsp3) is 0.182. The Bertz CT molecular complexity index is 1250. The fourth-order valence-electron chi connectivity index (χ4n) is 2.91. The summed E-state index contributed by atoms with van der Waals surface area (Å²) in [6, 6.07) is 18.5. The normalized spacial score (nSPS) is 11.9. The Hall–Kier alpha value is -3.52. The van der Waals surface area contributed by atoms with Gasteiger partial charge in [0.15, 0.2) is 6.10 Å². The van der Waals surface area contributed by atoms with Crippen molar-refractivity contribution in [3.8, 4) is 16.3 Å². The molecule has 0 aliphatic heterocycles. The van der Waals surface area contributed by atoms with Gasteiger partial charge in [0, 0.05) is 11.6 Å². The number of hydrogen-bond acceptors (Lipinski definition) is 6. The molecule has 0 radical (unpaired) electrons. The van der Waals surface area contributed by atoms with Gasteiger partial charge in [0.05, 0.1) is 12.2 Å². The van der Waals surface area contributed by atoms with Crippen molar-refractivity contribution in [1.82, 2.24) is 19.9 Å². The first-order valence-electron chi connectivity index (χ1n) is 9.46. The number of fused-ring (bicyclic) bond motifs is 1. The lowest BCUT2D eigenvalue weighted by atomic mass is 10.2. The first kappa shape index (κ1) is 19.8. The Kier molecular flexibility index (Phi) is 5.58. The maximum absolute atomic E-state index is 12.4. The molecule has 1 unspecified atom stereocenters. The summed E-state index contributed by atoms with van der Waals surface area (Å²) >= 11 is 1.33. The Morgan fingerprint density at radius 3 is 2.73 bits per heavy atom. The molecule has 152 valence electrons. The van der Waals surface area contributed by atoms with Crippen LogP contribution in [0.3, 0.4) is 0 Å². The van der Waals surface area contributed by atoms with Gasteiger partial charge < -0.3 is 10.1 Å². The quantitative estimate of drug-likeness (QED) is 0.518. The lowest BCUT2D eigenvalue weighted by molar-refractivity contribution is -0.127. The third-order valence-corrected chi connectivity index (χ3v) is 5.39. The summed E-state index contributed by atoms with van der Waals surface area (Å²) in [6.07, 6.45) is -0.676. The molecule has 2 heterocycles. The van der Waals surface area contributed by atoms with Gasteiger partial charge in [-0.05, 0) is 31.5 Å². The largest absolute Gasteiger partial charge is 0.481 e. The molecular weight excluding hydrogens is 400 g/mol. The van der Waals surface area contributed by atoms with Crippen molar-refractivity contribution in [2.24, 2.45) is 0 Å². The molecule has 1 atom stereocenters. The Balaban J connectivity index is 1.46. The van der Waals surface area contributed by atoms with Crippen molar-refractivity contribution < 1.29 is 9.53 Å². The van der Waals surface area contributed by atoms with Crippen LogP contribution in [0, 0.1) is 6.92 Å². The van der Waals surface area contributed by atoms with E-state index in [2.05, 4.69) is 15.4 Å². The molecule has 8 heteroatoms. The van der Waals surface area contributed by atoms with Gasteiger partial charge in [-0.25, -0.2) is 4.98 Å². The standard InChI is InChI=1S/C22H20N4O3S/c1-14-7-6-10-18(11-14)29-15(2)20(28)23-13-17-12-19(27)26-22(24-17)30-21(25-26)16-8-4-3-5-9-16/h3-12,15H,13H2,1-2H3,(H,23,28). The number of carbonyl (C=O) groups is 1. The van der Waals surface area contributed by atoms with Gasteiger partial charge in [0.25, 0.3) is 11.5 Å². The zero-order valence-corrected chi connectivity index (χ0v) is 17.3. The van der Waals surface area contributed by atoms with E-state index < -0.39 is 6.10 Å². The van der Waals surface area contributed by atoms with E-state index in [1.54, 1.807) is 13.0 Å². The summed E-state index contributed by atoms with van der Waals surface area (Å²) in [4.78, 5) is 29.8. The van der Waals surface area contributed by atoms with Crippen LogP contribution in [0.2, 0.25) is 0 Å². The van der Waals surface area contributed by atoms with E-state index in [0.29, 0.717) is 21.4 Å². The molecule has 0 fully saturated rings. The van der Waals surface area contributed by atoms with E-state index in [-0.39, 0.29) is 18.0 Å². The molecule has 0 aliphatic rings. The highest BCUT2D eigenvalue weighted by atomic mass is 32.1. The highest BCUT2D eigenvalue weighted by Crippen LogP contribution is 2.23. The molecule has 1 amide bonds. The van der Waals surface area contributed by atoms with Crippen molar-refractivity contribution in [3.05, 3.63) is 82.3 Å². The highest BCUT2D eigenvalue weighted by Gasteiger charge is 2.16. The minimum absolute atomic E-state index is 0.130. The van der Waals surface area contributed by atoms with Crippen LogP contribution in [0.4, 0.5) is 0 Å². The summed E-state index contributed by atoms with van der Waals surface area (Å²) in [5.74, 6) is 0.348. The average Bonchev–Trinajstić information content (AvgIpc) is 3.17. The van der Waals surface area contributed by atoms with Gasteiger partial charge in [-0.15, -0.1) is 0 Å². The van der Waals surface area contributed by atoms with Crippen molar-refractivity contribution in [3.63, 3.8) is 0 Å². The highest BCUT2D eigenvalue weighted by molar-refractivity contribution is 7.19. The number of benzene rings is 2. The summed E-state index contributed by atoms with van der Waals surface area (Å²) < 4.78 is 6.96. The summed E-state index contributed by atoms with van der Waals surface area (Å²) in [6.45, 7) is 3.77. The minimum Gasteiger partial charge on any atom is -0.481 e. The van der Waals surface area contributed by atoms with Crippen LogP contribution >= 0.6 is 11.3 Å². The van der Waals surface area contributed by atoms with Gasteiger partial charge in [0.1, 0.15) is 10.8 Å². The maximum atomic E-state index is 12.4. The zero-order chi connectivity index (χ0) is 21.1. The Morgan fingerprint density at radius 1 is 1.17 bits per heavy atom. The third-order valence-electron chi connectivity index (χ3n) is 4.43. The molecule has 0 aliphatic carbocycles. The van der Waals surface area contributed by atoms with Crippen LogP contribution in [0.25, 0.3) is 15.5 Å². The molecule has 4 aromatic rings. The topological polar surface area (TPSA) is 85.6 Å². The summed E-state index contributed by atoms with van der Waals surface area (Å²) in [5.41, 5.74) is 2.16. The fourth-order valence-corrected chi connectivity index (χ4v) is 3.84. The van der Waals surface area contributed by atoms with Crippen LogP contribution in [0.5, 0.6) is 5.75 Å². The summed E-state index contributed by atoms with van der Waals surface area (Å²) in [7, 11) is 0. The maximum Gasteiger partial charge on any atom is 0.275 e. The van der Waals surface area contributed by atoms with Crippen LogP contribution < -0.4 is 15.6 Å². The number of aryl methyl sites for hydroxylation is 1.